The maximum absolute atomic E-state index is 13.9. The number of hydrogen-bond donors (Lipinski definition) is 2. The molecule has 1 saturated heterocycles. The number of rotatable bonds is 6. The lowest BCUT2D eigenvalue weighted by atomic mass is 10.1. The van der Waals surface area contributed by atoms with Gasteiger partial charge in [0.05, 0.1) is 12.7 Å². The lowest BCUT2D eigenvalue weighted by Gasteiger charge is -2.22. The van der Waals surface area contributed by atoms with Crippen LogP contribution in [-0.4, -0.2) is 44.6 Å². The van der Waals surface area contributed by atoms with Gasteiger partial charge >= 0.3 is 0 Å². The fourth-order valence-electron chi connectivity index (χ4n) is 2.37. The zero-order valence-electron chi connectivity index (χ0n) is 11.2. The Morgan fingerprint density at radius 3 is 3.05 bits per heavy atom. The summed E-state index contributed by atoms with van der Waals surface area (Å²) in [6, 6.07) is 5.10. The Labute approximate surface area is 113 Å². The van der Waals surface area contributed by atoms with Crippen molar-refractivity contribution in [1.29, 1.82) is 0 Å². The highest BCUT2D eigenvalue weighted by Crippen LogP contribution is 2.26. The number of aliphatic hydroxyl groups excluding tert-OH is 1. The van der Waals surface area contributed by atoms with Gasteiger partial charge in [-0.1, -0.05) is 6.07 Å². The fraction of sp³-hybridized carbons (Fsp3) is 0.571. The first-order valence-corrected chi connectivity index (χ1v) is 6.62. The second-order valence-corrected chi connectivity index (χ2v) is 4.80. The minimum absolute atomic E-state index is 0.205. The second-order valence-electron chi connectivity index (χ2n) is 4.80. The maximum Gasteiger partial charge on any atom is 0.129 e. The maximum atomic E-state index is 13.9. The summed E-state index contributed by atoms with van der Waals surface area (Å²) in [5.41, 5.74) is 1.54. The molecule has 1 atom stereocenters. The number of halogens is 1. The molecule has 1 aromatic carbocycles. The molecule has 1 unspecified atom stereocenters. The standard InChI is InChI=1S/C14H21FN2O2/c1-19-8-6-16-9-12-13(15)3-2-4-14(12)17-7-5-11(18)10-17/h2-4,11,16,18H,5-10H2,1H3. The molecule has 106 valence electrons. The summed E-state index contributed by atoms with van der Waals surface area (Å²) in [4.78, 5) is 2.04. The SMILES string of the molecule is COCCNCc1c(F)cccc1N1CCC(O)C1. The lowest BCUT2D eigenvalue weighted by molar-refractivity contribution is 0.198. The third kappa shape index (κ3) is 3.65. The van der Waals surface area contributed by atoms with E-state index >= 15 is 0 Å². The predicted molar refractivity (Wildman–Crippen MR) is 72.8 cm³/mol. The monoisotopic (exact) mass is 268 g/mol. The topological polar surface area (TPSA) is 44.7 Å². The van der Waals surface area contributed by atoms with Gasteiger partial charge in [-0.2, -0.15) is 0 Å². The molecule has 5 heteroatoms. The van der Waals surface area contributed by atoms with Crippen LogP contribution in [0, 0.1) is 5.82 Å². The Bertz CT molecular complexity index is 414. The van der Waals surface area contributed by atoms with E-state index in [2.05, 4.69) is 5.32 Å². The smallest absolute Gasteiger partial charge is 0.129 e. The minimum Gasteiger partial charge on any atom is -0.391 e. The summed E-state index contributed by atoms with van der Waals surface area (Å²) in [5, 5.41) is 12.8. The van der Waals surface area contributed by atoms with E-state index in [0.717, 1.165) is 18.7 Å². The molecular weight excluding hydrogens is 247 g/mol. The van der Waals surface area contributed by atoms with E-state index in [4.69, 9.17) is 4.74 Å². The van der Waals surface area contributed by atoms with Gasteiger partial charge in [0, 0.05) is 44.5 Å². The van der Waals surface area contributed by atoms with Crippen molar-refractivity contribution in [2.24, 2.45) is 0 Å². The molecule has 0 amide bonds. The largest absolute Gasteiger partial charge is 0.391 e. The van der Waals surface area contributed by atoms with Crippen molar-refractivity contribution in [2.75, 3.05) is 38.3 Å². The Morgan fingerprint density at radius 1 is 1.53 bits per heavy atom. The molecule has 1 fully saturated rings. The average Bonchev–Trinajstić information content (AvgIpc) is 2.82. The third-order valence-corrected chi connectivity index (χ3v) is 3.38. The quantitative estimate of drug-likeness (QED) is 0.759. The lowest BCUT2D eigenvalue weighted by Crippen LogP contribution is -2.25. The van der Waals surface area contributed by atoms with E-state index in [1.54, 1.807) is 13.2 Å². The van der Waals surface area contributed by atoms with Crippen LogP contribution in [0.2, 0.25) is 0 Å². The Morgan fingerprint density at radius 2 is 2.37 bits per heavy atom. The highest BCUT2D eigenvalue weighted by atomic mass is 19.1. The molecule has 19 heavy (non-hydrogen) atoms. The summed E-state index contributed by atoms with van der Waals surface area (Å²) >= 11 is 0. The third-order valence-electron chi connectivity index (χ3n) is 3.38. The molecule has 0 saturated carbocycles. The van der Waals surface area contributed by atoms with Crippen molar-refractivity contribution in [3.63, 3.8) is 0 Å². The highest BCUT2D eigenvalue weighted by Gasteiger charge is 2.23. The van der Waals surface area contributed by atoms with Crippen LogP contribution in [0.25, 0.3) is 0 Å². The van der Waals surface area contributed by atoms with Gasteiger partial charge in [0.1, 0.15) is 5.82 Å². The zero-order chi connectivity index (χ0) is 13.7. The minimum atomic E-state index is -0.308. The molecule has 4 nitrogen and oxygen atoms in total. The summed E-state index contributed by atoms with van der Waals surface area (Å²) < 4.78 is 18.9. The molecule has 0 aliphatic carbocycles. The van der Waals surface area contributed by atoms with Crippen LogP contribution >= 0.6 is 0 Å². The molecule has 2 rings (SSSR count). The molecule has 0 aromatic heterocycles. The van der Waals surface area contributed by atoms with Crippen LogP contribution in [0.3, 0.4) is 0 Å². The zero-order valence-corrected chi connectivity index (χ0v) is 11.2. The van der Waals surface area contributed by atoms with Crippen molar-refractivity contribution < 1.29 is 14.2 Å². The Balaban J connectivity index is 2.07. The van der Waals surface area contributed by atoms with Crippen molar-refractivity contribution in [3.05, 3.63) is 29.6 Å². The molecule has 0 radical (unpaired) electrons. The number of methoxy groups -OCH3 is 1. The van der Waals surface area contributed by atoms with Crippen LogP contribution in [0.1, 0.15) is 12.0 Å². The normalized spacial score (nSPS) is 19.1. The number of nitrogens with zero attached hydrogens (tertiary/aromatic N) is 1. The molecule has 1 heterocycles. The number of ether oxygens (including phenoxy) is 1. The highest BCUT2D eigenvalue weighted by molar-refractivity contribution is 5.55. The van der Waals surface area contributed by atoms with Gasteiger partial charge in [0.2, 0.25) is 0 Å². The molecule has 1 aromatic rings. The molecular formula is C14H21FN2O2. The first-order valence-electron chi connectivity index (χ1n) is 6.62. The second kappa shape index (κ2) is 6.84. The summed E-state index contributed by atoms with van der Waals surface area (Å²) in [6.07, 6.45) is 0.435. The first-order chi connectivity index (χ1) is 9.22. The van der Waals surface area contributed by atoms with Gasteiger partial charge in [-0.3, -0.25) is 0 Å². The van der Waals surface area contributed by atoms with Gasteiger partial charge in [-0.25, -0.2) is 4.39 Å². The van der Waals surface area contributed by atoms with Crippen molar-refractivity contribution in [1.82, 2.24) is 5.32 Å². The first kappa shape index (κ1) is 14.2. The average molecular weight is 268 g/mol. The number of anilines is 1. The number of nitrogens with one attached hydrogen (secondary N) is 1. The number of benzene rings is 1. The fourth-order valence-corrected chi connectivity index (χ4v) is 2.37. The van der Waals surface area contributed by atoms with E-state index in [-0.39, 0.29) is 11.9 Å². The molecule has 1 aliphatic heterocycles. The van der Waals surface area contributed by atoms with E-state index in [1.165, 1.54) is 6.07 Å². The van der Waals surface area contributed by atoms with Crippen LogP contribution in [-0.2, 0) is 11.3 Å². The number of aliphatic hydroxyl groups is 1. The van der Waals surface area contributed by atoms with Crippen molar-refractivity contribution in [3.8, 4) is 0 Å². The van der Waals surface area contributed by atoms with Gasteiger partial charge in [0.15, 0.2) is 0 Å². The van der Waals surface area contributed by atoms with Crippen LogP contribution in [0.15, 0.2) is 18.2 Å². The van der Waals surface area contributed by atoms with Crippen molar-refractivity contribution in [2.45, 2.75) is 19.1 Å². The van der Waals surface area contributed by atoms with Gasteiger partial charge in [-0.05, 0) is 18.6 Å². The van der Waals surface area contributed by atoms with Gasteiger partial charge in [0.25, 0.3) is 0 Å². The van der Waals surface area contributed by atoms with Crippen LogP contribution in [0.4, 0.5) is 10.1 Å². The van der Waals surface area contributed by atoms with E-state index < -0.39 is 0 Å². The van der Waals surface area contributed by atoms with Crippen LogP contribution < -0.4 is 10.2 Å². The van der Waals surface area contributed by atoms with Gasteiger partial charge in [-0.15, -0.1) is 0 Å². The number of β-amino-alcohol motifs (C(OH)–C–C–N with tert-alkyl or cyclic N) is 1. The van der Waals surface area contributed by atoms with Gasteiger partial charge < -0.3 is 20.1 Å². The van der Waals surface area contributed by atoms with Crippen molar-refractivity contribution >= 4 is 5.69 Å². The summed E-state index contributed by atoms with van der Waals surface area (Å²) in [6.45, 7) is 3.11. The molecule has 0 spiro atoms. The number of hydrogen-bond acceptors (Lipinski definition) is 4. The van der Waals surface area contributed by atoms with E-state index in [9.17, 15) is 9.50 Å². The molecule has 1 aliphatic rings. The van der Waals surface area contributed by atoms with Crippen LogP contribution in [0.5, 0.6) is 0 Å². The Kier molecular flexibility index (Phi) is 5.13. The Hall–Kier alpha value is -1.17. The summed E-state index contributed by atoms with van der Waals surface area (Å²) in [5.74, 6) is -0.205. The molecule has 2 N–H and O–H groups in total. The predicted octanol–water partition coefficient (Wildman–Crippen LogP) is 1.13. The molecule has 0 bridgehead atoms. The van der Waals surface area contributed by atoms with E-state index in [1.807, 2.05) is 11.0 Å². The van der Waals surface area contributed by atoms with E-state index in [0.29, 0.717) is 31.8 Å². The summed E-state index contributed by atoms with van der Waals surface area (Å²) in [7, 11) is 1.64.